The number of hydrogen-bond donors (Lipinski definition) is 0. The van der Waals surface area contributed by atoms with Gasteiger partial charge in [0.25, 0.3) is 0 Å². The number of hydrogen-bond acceptors (Lipinski definition) is 7. The van der Waals surface area contributed by atoms with Gasteiger partial charge in [-0.3, -0.25) is 9.78 Å². The van der Waals surface area contributed by atoms with Crippen molar-refractivity contribution in [1.29, 1.82) is 0 Å². The van der Waals surface area contributed by atoms with E-state index in [1.54, 1.807) is 17.1 Å². The Kier molecular flexibility index (Phi) is 7.64. The lowest BCUT2D eigenvalue weighted by molar-refractivity contribution is 0.0820. The number of ether oxygens (including phenoxy) is 3. The van der Waals surface area contributed by atoms with Crippen LogP contribution in [0.5, 0.6) is 11.6 Å². The van der Waals surface area contributed by atoms with Crippen LogP contribution in [0.4, 0.5) is 0 Å². The summed E-state index contributed by atoms with van der Waals surface area (Å²) in [7, 11) is 0.897. The predicted molar refractivity (Wildman–Crippen MR) is 122 cm³/mol. The molecule has 0 radical (unpaired) electrons. The van der Waals surface area contributed by atoms with Gasteiger partial charge < -0.3 is 14.2 Å². The van der Waals surface area contributed by atoms with Gasteiger partial charge in [-0.15, -0.1) is 0 Å². The van der Waals surface area contributed by atoms with Crippen LogP contribution in [0.2, 0.25) is 0 Å². The van der Waals surface area contributed by atoms with Gasteiger partial charge in [0.15, 0.2) is 6.29 Å². The van der Waals surface area contributed by atoms with Crippen molar-refractivity contribution in [2.24, 2.45) is 0 Å². The zero-order chi connectivity index (χ0) is 22.3. The Morgan fingerprint density at radius 1 is 1.16 bits per heavy atom. The molecule has 0 bridgehead atoms. The van der Waals surface area contributed by atoms with Gasteiger partial charge in [0.05, 0.1) is 36.9 Å². The van der Waals surface area contributed by atoms with Crippen LogP contribution in [0.15, 0.2) is 42.9 Å². The lowest BCUT2D eigenvalue weighted by Gasteiger charge is -2.24. The van der Waals surface area contributed by atoms with Crippen LogP contribution in [0.1, 0.15) is 15.9 Å². The van der Waals surface area contributed by atoms with Crippen LogP contribution < -0.4 is 9.47 Å². The average Bonchev–Trinajstić information content (AvgIpc) is 3.23. The van der Waals surface area contributed by atoms with Crippen molar-refractivity contribution < 1.29 is 19.0 Å². The average molecular weight is 445 g/mol. The van der Waals surface area contributed by atoms with Gasteiger partial charge in [0.2, 0.25) is 5.88 Å². The molecule has 0 aliphatic heterocycles. The fourth-order valence-corrected chi connectivity index (χ4v) is 3.42. The number of nitrogens with zero attached hydrogens (tertiary/aromatic N) is 4. The summed E-state index contributed by atoms with van der Waals surface area (Å²) < 4.78 is 18.6. The van der Waals surface area contributed by atoms with Gasteiger partial charge in [0.1, 0.15) is 19.1 Å². The molecule has 9 heteroatoms. The van der Waals surface area contributed by atoms with Crippen LogP contribution >= 0.6 is 10.0 Å². The van der Waals surface area contributed by atoms with Gasteiger partial charge in [0, 0.05) is 29.8 Å². The van der Waals surface area contributed by atoms with E-state index in [4.69, 9.17) is 14.2 Å². The fraction of sp³-hybridized carbons (Fsp3) is 0.364. The van der Waals surface area contributed by atoms with E-state index < -0.39 is 10.0 Å². The summed E-state index contributed by atoms with van der Waals surface area (Å²) in [5.41, 5.74) is 2.82. The van der Waals surface area contributed by atoms with E-state index in [1.807, 2.05) is 18.2 Å². The van der Waals surface area contributed by atoms with E-state index in [1.165, 1.54) is 19.4 Å². The van der Waals surface area contributed by atoms with E-state index in [2.05, 4.69) is 33.8 Å². The Hall–Kier alpha value is -2.91. The number of carbonyl (C=O) groups is 1. The Bertz CT molecular complexity index is 1020. The third kappa shape index (κ3) is 6.28. The molecular weight excluding hydrogens is 416 g/mol. The number of aldehydes is 1. The zero-order valence-corrected chi connectivity index (χ0v) is 19.1. The highest BCUT2D eigenvalue weighted by atomic mass is 32.3. The molecule has 0 aliphatic rings. The van der Waals surface area contributed by atoms with E-state index in [-0.39, 0.29) is 6.61 Å². The van der Waals surface area contributed by atoms with Crippen molar-refractivity contribution in [2.75, 3.05) is 38.2 Å². The monoisotopic (exact) mass is 444 g/mol. The Balaban J connectivity index is 1.73. The van der Waals surface area contributed by atoms with Crippen LogP contribution in [0, 0.1) is 0 Å². The highest BCUT2D eigenvalue weighted by Gasteiger charge is 2.14. The van der Waals surface area contributed by atoms with Crippen LogP contribution in [-0.4, -0.2) is 64.3 Å². The maximum Gasteiger partial charge on any atom is 0.213 e. The molecule has 0 saturated heterocycles. The molecule has 0 saturated carbocycles. The van der Waals surface area contributed by atoms with E-state index in [0.717, 1.165) is 29.0 Å². The first kappa shape index (κ1) is 22.8. The fourth-order valence-electron chi connectivity index (χ4n) is 2.80. The molecule has 3 rings (SSSR count). The predicted octanol–water partition coefficient (Wildman–Crippen LogP) is 3.41. The third-order valence-corrected chi connectivity index (χ3v) is 5.89. The van der Waals surface area contributed by atoms with Crippen LogP contribution in [0.25, 0.3) is 11.4 Å². The van der Waals surface area contributed by atoms with Gasteiger partial charge in [-0.05, 0) is 30.9 Å². The molecule has 0 fully saturated rings. The van der Waals surface area contributed by atoms with Crippen molar-refractivity contribution in [1.82, 2.24) is 19.7 Å². The molecule has 0 atom stereocenters. The summed E-state index contributed by atoms with van der Waals surface area (Å²) in [6, 6.07) is 7.22. The summed E-state index contributed by atoms with van der Waals surface area (Å²) in [6.45, 7) is 1.26. The maximum atomic E-state index is 11.4. The molecule has 0 aromatic carbocycles. The van der Waals surface area contributed by atoms with Gasteiger partial charge in [-0.25, -0.2) is 19.7 Å². The maximum absolute atomic E-state index is 11.4. The Labute approximate surface area is 183 Å². The molecule has 0 aliphatic carbocycles. The topological polar surface area (TPSA) is 88.4 Å². The second-order valence-corrected chi connectivity index (χ2v) is 12.3. The molecule has 3 heterocycles. The van der Waals surface area contributed by atoms with Crippen LogP contribution in [0.3, 0.4) is 0 Å². The van der Waals surface area contributed by atoms with Crippen LogP contribution in [-0.2, 0) is 18.1 Å². The van der Waals surface area contributed by atoms with Gasteiger partial charge in [-0.1, -0.05) is 6.07 Å². The molecule has 3 aromatic rings. The number of rotatable bonds is 11. The number of methoxy groups -OCH3 is 1. The minimum atomic E-state index is -0.599. The first-order chi connectivity index (χ1) is 14.9. The molecule has 0 amide bonds. The number of carbonyl (C=O) groups excluding carboxylic acids is 1. The highest BCUT2D eigenvalue weighted by molar-refractivity contribution is 8.32. The smallest absolute Gasteiger partial charge is 0.213 e. The molecule has 0 unspecified atom stereocenters. The largest absolute Gasteiger partial charge is 0.486 e. The summed E-state index contributed by atoms with van der Waals surface area (Å²) in [5, 5.41) is 4.38. The van der Waals surface area contributed by atoms with E-state index in [0.29, 0.717) is 30.5 Å². The summed E-state index contributed by atoms with van der Waals surface area (Å²) >= 11 is 0. The molecule has 0 spiro atoms. The molecule has 31 heavy (non-hydrogen) atoms. The normalized spacial score (nSPS) is 11.9. The third-order valence-electron chi connectivity index (χ3n) is 4.50. The Morgan fingerprint density at radius 2 is 2.00 bits per heavy atom. The first-order valence-corrected chi connectivity index (χ1v) is 12.8. The van der Waals surface area contributed by atoms with Gasteiger partial charge in [-0.2, -0.15) is 5.10 Å². The molecule has 3 aromatic heterocycles. The minimum Gasteiger partial charge on any atom is -0.486 e. The van der Waals surface area contributed by atoms with Gasteiger partial charge >= 0.3 is 0 Å². The van der Waals surface area contributed by atoms with Crippen molar-refractivity contribution >= 4 is 16.3 Å². The SMILES string of the molecule is COc1cc(C=O)c(OCc2cccnc2-c2ccnn2COCCS(C)(C)C)cn1. The lowest BCUT2D eigenvalue weighted by atomic mass is 10.1. The zero-order valence-electron chi connectivity index (χ0n) is 18.3. The Morgan fingerprint density at radius 3 is 2.74 bits per heavy atom. The molecule has 8 nitrogen and oxygen atoms in total. The van der Waals surface area contributed by atoms with E-state index >= 15 is 0 Å². The second kappa shape index (κ2) is 10.4. The lowest BCUT2D eigenvalue weighted by Crippen LogP contribution is -2.12. The summed E-state index contributed by atoms with van der Waals surface area (Å²) in [6.07, 6.45) is 12.5. The van der Waals surface area contributed by atoms with Crippen molar-refractivity contribution in [2.45, 2.75) is 13.3 Å². The highest BCUT2D eigenvalue weighted by Crippen LogP contribution is 2.33. The summed E-state index contributed by atoms with van der Waals surface area (Å²) in [4.78, 5) is 20.0. The standard InChI is InChI=1S/C22H28N4O4S/c1-28-21-12-18(14-27)20(13-24-21)30-15-17-6-5-8-23-22(17)19-7-9-25-26(19)16-29-10-11-31(2,3)4/h5-9,12-14H,10-11,15-16H2,1-4H3. The van der Waals surface area contributed by atoms with Crippen molar-refractivity contribution in [3.8, 4) is 23.0 Å². The minimum absolute atomic E-state index is 0.220. The number of aromatic nitrogens is 4. The number of pyridine rings is 2. The first-order valence-electron chi connectivity index (χ1n) is 9.73. The molecule has 0 N–H and O–H groups in total. The molecular formula is C22H28N4O4S. The van der Waals surface area contributed by atoms with Crippen molar-refractivity contribution in [3.05, 3.63) is 54.0 Å². The summed E-state index contributed by atoms with van der Waals surface area (Å²) in [5.74, 6) is 1.78. The van der Waals surface area contributed by atoms with E-state index in [9.17, 15) is 4.79 Å². The second-order valence-electron chi connectivity index (χ2n) is 7.73. The quantitative estimate of drug-likeness (QED) is 0.331. The molecule has 166 valence electrons. The van der Waals surface area contributed by atoms with Crippen molar-refractivity contribution in [3.63, 3.8) is 0 Å².